The van der Waals surface area contributed by atoms with Gasteiger partial charge in [-0.15, -0.1) is 0 Å². The number of nitrogens with zero attached hydrogens (tertiary/aromatic N) is 9. The molecule has 1 atom stereocenters. The summed E-state index contributed by atoms with van der Waals surface area (Å²) in [6.45, 7) is 3.55. The van der Waals surface area contributed by atoms with Gasteiger partial charge in [-0.3, -0.25) is 14.4 Å². The van der Waals surface area contributed by atoms with Gasteiger partial charge in [0.15, 0.2) is 5.82 Å². The molecule has 1 saturated carbocycles. The zero-order valence-electron chi connectivity index (χ0n) is 28.8. The molecule has 1 N–H and O–H groups in total. The molecule has 1 saturated heterocycles. The summed E-state index contributed by atoms with van der Waals surface area (Å²) in [5.74, 6) is 1.95. The summed E-state index contributed by atoms with van der Waals surface area (Å²) >= 11 is 0. The number of nitrogens with one attached hydrogen (secondary N) is 1. The maximum Gasteiger partial charge on any atom is 0.228 e. The second kappa shape index (κ2) is 14.7. The number of carbonyl (C=O) groups excluding carboxylic acids is 1. The molecule has 2 aliphatic heterocycles. The van der Waals surface area contributed by atoms with Gasteiger partial charge >= 0.3 is 0 Å². The third-order valence-corrected chi connectivity index (χ3v) is 10.2. The fraction of sp³-hybridized carbons (Fsp3) is 0.447. The average Bonchev–Trinajstić information content (AvgIpc) is 3.68. The van der Waals surface area contributed by atoms with E-state index in [1.54, 1.807) is 10.9 Å². The van der Waals surface area contributed by atoms with Gasteiger partial charge in [0.05, 0.1) is 18.1 Å². The molecule has 1 aliphatic carbocycles. The number of aryl methyl sites for hydroxylation is 2. The number of amides is 1. The van der Waals surface area contributed by atoms with Crippen LogP contribution in [-0.4, -0.2) is 67.1 Å². The van der Waals surface area contributed by atoms with E-state index in [2.05, 4.69) is 43.7 Å². The second-order valence-corrected chi connectivity index (χ2v) is 13.9. The number of oxime groups is 1. The number of hydrogen-bond acceptors (Lipinski definition) is 10. The summed E-state index contributed by atoms with van der Waals surface area (Å²) in [7, 11) is 1.89. The largest absolute Gasteiger partial charge is 0.389 e. The lowest BCUT2D eigenvalue weighted by molar-refractivity contribution is -0.119. The van der Waals surface area contributed by atoms with E-state index in [1.165, 1.54) is 0 Å². The number of anilines is 3. The number of aromatic nitrogens is 5. The van der Waals surface area contributed by atoms with Crippen molar-refractivity contribution in [3.8, 4) is 17.2 Å². The first-order valence-corrected chi connectivity index (χ1v) is 17.7. The highest BCUT2D eigenvalue weighted by Crippen LogP contribution is 2.36. The number of benzene rings is 1. The first-order chi connectivity index (χ1) is 24.4. The van der Waals surface area contributed by atoms with Crippen molar-refractivity contribution in [3.05, 3.63) is 78.4 Å². The van der Waals surface area contributed by atoms with Crippen LogP contribution in [0.3, 0.4) is 0 Å². The number of nitriles is 1. The Hall–Kier alpha value is -5.31. The highest BCUT2D eigenvalue weighted by Gasteiger charge is 2.40. The molecule has 5 heterocycles. The Morgan fingerprint density at radius 1 is 1.04 bits per heavy atom. The van der Waals surface area contributed by atoms with Crippen molar-refractivity contribution in [1.82, 2.24) is 24.7 Å². The van der Waals surface area contributed by atoms with Crippen LogP contribution in [0.4, 0.5) is 17.6 Å². The zero-order chi connectivity index (χ0) is 34.5. The summed E-state index contributed by atoms with van der Waals surface area (Å²) in [6.07, 6.45) is 15.2. The fourth-order valence-electron chi connectivity index (χ4n) is 7.58. The summed E-state index contributed by atoms with van der Waals surface area (Å²) < 4.78 is 1.77. The van der Waals surface area contributed by atoms with Gasteiger partial charge in [0.2, 0.25) is 11.9 Å². The lowest BCUT2D eigenvalue weighted by atomic mass is 9.89. The number of pyridine rings is 1. The Labute approximate surface area is 293 Å². The van der Waals surface area contributed by atoms with Crippen molar-refractivity contribution in [2.24, 2.45) is 12.2 Å². The molecular formula is C38H44N10O2. The van der Waals surface area contributed by atoms with Crippen molar-refractivity contribution < 1.29 is 9.63 Å². The van der Waals surface area contributed by atoms with Crippen molar-refractivity contribution in [2.45, 2.75) is 88.8 Å². The molecule has 1 unspecified atom stereocenters. The van der Waals surface area contributed by atoms with E-state index in [-0.39, 0.29) is 23.6 Å². The molecule has 1 aromatic carbocycles. The van der Waals surface area contributed by atoms with E-state index in [4.69, 9.17) is 14.8 Å². The van der Waals surface area contributed by atoms with Gasteiger partial charge < -0.3 is 15.1 Å². The van der Waals surface area contributed by atoms with Crippen molar-refractivity contribution in [3.63, 3.8) is 0 Å². The predicted octanol–water partition coefficient (Wildman–Crippen LogP) is 6.06. The Morgan fingerprint density at radius 3 is 2.58 bits per heavy atom. The molecule has 1 amide bonds. The Morgan fingerprint density at radius 2 is 1.88 bits per heavy atom. The first-order valence-electron chi connectivity index (χ1n) is 17.7. The third kappa shape index (κ3) is 7.47. The van der Waals surface area contributed by atoms with E-state index in [9.17, 15) is 10.1 Å². The normalized spacial score (nSPS) is 21.9. The minimum absolute atomic E-state index is 0.0281. The Balaban J connectivity index is 1.02. The summed E-state index contributed by atoms with van der Waals surface area (Å²) in [4.78, 5) is 38.1. The maximum atomic E-state index is 13.9. The van der Waals surface area contributed by atoms with Crippen molar-refractivity contribution >= 4 is 29.2 Å². The molecule has 0 bridgehead atoms. The monoisotopic (exact) mass is 672 g/mol. The van der Waals surface area contributed by atoms with Crippen LogP contribution in [0.1, 0.15) is 75.8 Å². The molecule has 3 aromatic heterocycles. The van der Waals surface area contributed by atoms with Crippen LogP contribution in [-0.2, 0) is 23.1 Å². The highest BCUT2D eigenvalue weighted by molar-refractivity contribution is 5.93. The van der Waals surface area contributed by atoms with Crippen LogP contribution in [0.5, 0.6) is 0 Å². The van der Waals surface area contributed by atoms with Crippen LogP contribution >= 0.6 is 0 Å². The van der Waals surface area contributed by atoms with Gasteiger partial charge in [0.1, 0.15) is 23.1 Å². The zero-order valence-corrected chi connectivity index (χ0v) is 28.8. The molecule has 4 aromatic rings. The average molecular weight is 673 g/mol. The molecule has 2 fully saturated rings. The van der Waals surface area contributed by atoms with Gasteiger partial charge in [-0.25, -0.2) is 9.97 Å². The smallest absolute Gasteiger partial charge is 0.228 e. The third-order valence-electron chi connectivity index (χ3n) is 10.2. The van der Waals surface area contributed by atoms with Gasteiger partial charge in [-0.05, 0) is 69.6 Å². The second-order valence-electron chi connectivity index (χ2n) is 13.9. The fourth-order valence-corrected chi connectivity index (χ4v) is 7.58. The molecule has 7 rings (SSSR count). The maximum absolute atomic E-state index is 13.9. The molecule has 12 heteroatoms. The van der Waals surface area contributed by atoms with E-state index in [1.807, 2.05) is 67.8 Å². The summed E-state index contributed by atoms with van der Waals surface area (Å²) in [5, 5.41) is 22.0. The minimum atomic E-state index is -0.244. The van der Waals surface area contributed by atoms with Gasteiger partial charge in [0.25, 0.3) is 0 Å². The first kappa shape index (κ1) is 33.2. The molecule has 0 radical (unpaired) electrons. The van der Waals surface area contributed by atoms with Crippen molar-refractivity contribution in [1.29, 1.82) is 5.26 Å². The van der Waals surface area contributed by atoms with Crippen LogP contribution in [0, 0.1) is 11.3 Å². The molecule has 3 aliphatic rings. The van der Waals surface area contributed by atoms with Crippen LogP contribution in [0.25, 0.3) is 11.1 Å². The number of hydrogen-bond donors (Lipinski definition) is 1. The van der Waals surface area contributed by atoms with Gasteiger partial charge in [0, 0.05) is 75.0 Å². The van der Waals surface area contributed by atoms with Gasteiger partial charge in [-0.1, -0.05) is 35.5 Å². The predicted molar refractivity (Wildman–Crippen MR) is 193 cm³/mol. The Bertz CT molecular complexity index is 1860. The van der Waals surface area contributed by atoms with Gasteiger partial charge in [-0.2, -0.15) is 15.3 Å². The topological polar surface area (TPSA) is 137 Å². The number of carbonyl (C=O) groups is 1. The quantitative estimate of drug-likeness (QED) is 0.225. The number of rotatable bonds is 9. The molecular weight excluding hydrogens is 628 g/mol. The minimum Gasteiger partial charge on any atom is -0.389 e. The Kier molecular flexibility index (Phi) is 9.74. The lowest BCUT2D eigenvalue weighted by Crippen LogP contribution is -2.45. The van der Waals surface area contributed by atoms with E-state index < -0.39 is 0 Å². The SMILES string of the molecule is CC1=NOC2(CCCN(c3nc(NC4CCC(N(C(=O)CCc5ccccc5)c5ccc(-c6cnn(C)c6)cn5)CC4)ncc3C#N)CC2)C1. The summed E-state index contributed by atoms with van der Waals surface area (Å²) in [6, 6.07) is 16.6. The van der Waals surface area contributed by atoms with Crippen LogP contribution < -0.4 is 15.1 Å². The molecule has 1 spiro atoms. The van der Waals surface area contributed by atoms with Crippen molar-refractivity contribution in [2.75, 3.05) is 28.2 Å². The lowest BCUT2D eigenvalue weighted by Gasteiger charge is -2.36. The van der Waals surface area contributed by atoms with E-state index in [0.717, 1.165) is 86.9 Å². The van der Waals surface area contributed by atoms with E-state index >= 15 is 0 Å². The van der Waals surface area contributed by atoms with Crippen LogP contribution in [0.15, 0.2) is 72.4 Å². The molecule has 12 nitrogen and oxygen atoms in total. The standard InChI is InChI=1S/C38H44N10O2/c1-27-21-38(50-45-27)17-6-19-47(20-18-38)36-30(22-39)24-41-37(44-36)43-32-11-13-33(14-12-32)48(35(49)16-9-28-7-4-3-5-8-28)34-15-10-29(23-40-34)31-25-42-46(2)26-31/h3-5,7-8,10,15,23-26,32-33H,6,9,11-14,16-21H2,1-2H3,(H,41,43,44). The van der Waals surface area contributed by atoms with Crippen LogP contribution in [0.2, 0.25) is 0 Å². The molecule has 258 valence electrons. The van der Waals surface area contributed by atoms with E-state index in [0.29, 0.717) is 36.0 Å². The summed E-state index contributed by atoms with van der Waals surface area (Å²) in [5.41, 5.74) is 4.36. The highest BCUT2D eigenvalue weighted by atomic mass is 16.7. The molecule has 50 heavy (non-hydrogen) atoms.